The van der Waals surface area contributed by atoms with Crippen LogP contribution in [0.2, 0.25) is 0 Å². The molecule has 3 nitrogen and oxygen atoms in total. The van der Waals surface area contributed by atoms with Crippen molar-refractivity contribution in [3.63, 3.8) is 0 Å². The van der Waals surface area contributed by atoms with E-state index in [4.69, 9.17) is 0 Å². The number of aryl methyl sites for hydroxylation is 1. The highest BCUT2D eigenvalue weighted by atomic mass is 15.3. The number of likely N-dealkylation sites (N-methyl/N-ethyl adjacent to an activating group) is 1. The summed E-state index contributed by atoms with van der Waals surface area (Å²) < 4.78 is 2.02. The summed E-state index contributed by atoms with van der Waals surface area (Å²) in [6.07, 6.45) is 1.04. The van der Waals surface area contributed by atoms with Crippen molar-refractivity contribution in [1.29, 1.82) is 0 Å². The first-order chi connectivity index (χ1) is 6.88. The molecule has 0 spiro atoms. The largest absolute Gasteiger partial charge is 0.319 e. The van der Waals surface area contributed by atoms with E-state index >= 15 is 0 Å². The second-order valence-electron chi connectivity index (χ2n) is 5.15. The molecule has 0 fully saturated rings. The van der Waals surface area contributed by atoms with Gasteiger partial charge in [0.15, 0.2) is 0 Å². The van der Waals surface area contributed by atoms with E-state index in [9.17, 15) is 0 Å². The molecule has 1 heterocycles. The van der Waals surface area contributed by atoms with Gasteiger partial charge >= 0.3 is 0 Å². The van der Waals surface area contributed by atoms with Gasteiger partial charge in [0.25, 0.3) is 0 Å². The Kier molecular flexibility index (Phi) is 3.55. The average molecular weight is 209 g/mol. The molecule has 3 heteroatoms. The Balaban J connectivity index is 3.04. The van der Waals surface area contributed by atoms with E-state index in [2.05, 4.69) is 38.1 Å². The third-order valence-electron chi connectivity index (χ3n) is 2.75. The van der Waals surface area contributed by atoms with Gasteiger partial charge in [0.1, 0.15) is 0 Å². The lowest BCUT2D eigenvalue weighted by Crippen LogP contribution is -2.14. The van der Waals surface area contributed by atoms with Gasteiger partial charge < -0.3 is 5.32 Å². The van der Waals surface area contributed by atoms with Gasteiger partial charge in [0.05, 0.1) is 5.69 Å². The van der Waals surface area contributed by atoms with Gasteiger partial charge in [0.2, 0.25) is 0 Å². The molecule has 0 aliphatic heterocycles. The van der Waals surface area contributed by atoms with Crippen molar-refractivity contribution in [3.05, 3.63) is 17.0 Å². The molecule has 1 aromatic rings. The van der Waals surface area contributed by atoms with Crippen molar-refractivity contribution in [1.82, 2.24) is 15.1 Å². The Hall–Kier alpha value is -0.830. The van der Waals surface area contributed by atoms with Gasteiger partial charge in [-0.3, -0.25) is 4.68 Å². The Morgan fingerprint density at radius 2 is 1.93 bits per heavy atom. The number of hydrogen-bond donors (Lipinski definition) is 1. The highest BCUT2D eigenvalue weighted by molar-refractivity contribution is 5.29. The first kappa shape index (κ1) is 12.2. The van der Waals surface area contributed by atoms with Crippen molar-refractivity contribution in [2.75, 3.05) is 13.6 Å². The fourth-order valence-electron chi connectivity index (χ4n) is 1.97. The van der Waals surface area contributed by atoms with Gasteiger partial charge in [0, 0.05) is 31.1 Å². The molecule has 0 saturated heterocycles. The van der Waals surface area contributed by atoms with Crippen LogP contribution in [0.25, 0.3) is 0 Å². The van der Waals surface area contributed by atoms with E-state index in [1.807, 2.05) is 18.8 Å². The van der Waals surface area contributed by atoms with E-state index < -0.39 is 0 Å². The maximum Gasteiger partial charge on any atom is 0.0709 e. The molecule has 0 aromatic carbocycles. The predicted molar refractivity (Wildman–Crippen MR) is 64.3 cm³/mol. The average Bonchev–Trinajstić information content (AvgIpc) is 2.39. The fourth-order valence-corrected chi connectivity index (χ4v) is 1.97. The lowest BCUT2D eigenvalue weighted by molar-refractivity contribution is 0.549. The molecule has 1 aromatic heterocycles. The van der Waals surface area contributed by atoms with Crippen molar-refractivity contribution >= 4 is 0 Å². The van der Waals surface area contributed by atoms with Gasteiger partial charge in [-0.05, 0) is 19.5 Å². The summed E-state index contributed by atoms with van der Waals surface area (Å²) >= 11 is 0. The summed E-state index contributed by atoms with van der Waals surface area (Å²) in [5.74, 6) is 0. The molecular weight excluding hydrogens is 186 g/mol. The zero-order valence-electron chi connectivity index (χ0n) is 10.8. The first-order valence-corrected chi connectivity index (χ1v) is 5.55. The topological polar surface area (TPSA) is 29.9 Å². The number of rotatable bonds is 3. The first-order valence-electron chi connectivity index (χ1n) is 5.55. The molecule has 1 N–H and O–H groups in total. The van der Waals surface area contributed by atoms with Crippen LogP contribution in [0.15, 0.2) is 0 Å². The number of hydrogen-bond acceptors (Lipinski definition) is 2. The normalized spacial score (nSPS) is 12.1. The van der Waals surface area contributed by atoms with Crippen LogP contribution in [-0.4, -0.2) is 23.4 Å². The summed E-state index contributed by atoms with van der Waals surface area (Å²) in [7, 11) is 4.02. The van der Waals surface area contributed by atoms with E-state index in [-0.39, 0.29) is 5.41 Å². The second-order valence-corrected chi connectivity index (χ2v) is 5.15. The van der Waals surface area contributed by atoms with Crippen LogP contribution in [0.4, 0.5) is 0 Å². The molecule has 0 amide bonds. The lowest BCUT2D eigenvalue weighted by Gasteiger charge is -2.16. The van der Waals surface area contributed by atoms with E-state index in [0.29, 0.717) is 0 Å². The standard InChI is InChI=1S/C12H23N3/c1-9-10(7-8-13-5)15(6)14-11(9)12(2,3)4/h13H,7-8H2,1-6H3. The number of nitrogens with one attached hydrogen (secondary N) is 1. The van der Waals surface area contributed by atoms with Crippen LogP contribution in [0.3, 0.4) is 0 Å². The lowest BCUT2D eigenvalue weighted by atomic mass is 9.89. The smallest absolute Gasteiger partial charge is 0.0709 e. The van der Waals surface area contributed by atoms with Crippen LogP contribution in [-0.2, 0) is 18.9 Å². The molecule has 0 aliphatic carbocycles. The highest BCUT2D eigenvalue weighted by Gasteiger charge is 2.22. The van der Waals surface area contributed by atoms with Crippen molar-refractivity contribution in [3.8, 4) is 0 Å². The van der Waals surface area contributed by atoms with Crippen LogP contribution >= 0.6 is 0 Å². The summed E-state index contributed by atoms with van der Waals surface area (Å²) in [4.78, 5) is 0. The highest BCUT2D eigenvalue weighted by Crippen LogP contribution is 2.26. The molecule has 86 valence electrons. The monoisotopic (exact) mass is 209 g/mol. The molecule has 0 atom stereocenters. The minimum atomic E-state index is 0.139. The van der Waals surface area contributed by atoms with Gasteiger partial charge in [-0.1, -0.05) is 20.8 Å². The Labute approximate surface area is 92.9 Å². The molecule has 1 rings (SSSR count). The van der Waals surface area contributed by atoms with Crippen molar-refractivity contribution in [2.24, 2.45) is 7.05 Å². The molecular formula is C12H23N3. The third-order valence-corrected chi connectivity index (χ3v) is 2.75. The van der Waals surface area contributed by atoms with Gasteiger partial charge in [-0.15, -0.1) is 0 Å². The van der Waals surface area contributed by atoms with Crippen LogP contribution in [0.5, 0.6) is 0 Å². The molecule has 0 bridgehead atoms. The second kappa shape index (κ2) is 4.35. The summed E-state index contributed by atoms with van der Waals surface area (Å²) in [6, 6.07) is 0. The van der Waals surface area contributed by atoms with Crippen LogP contribution < -0.4 is 5.32 Å². The van der Waals surface area contributed by atoms with Crippen molar-refractivity contribution < 1.29 is 0 Å². The van der Waals surface area contributed by atoms with E-state index in [1.54, 1.807) is 0 Å². The minimum Gasteiger partial charge on any atom is -0.319 e. The zero-order valence-corrected chi connectivity index (χ0v) is 10.8. The quantitative estimate of drug-likeness (QED) is 0.822. The van der Waals surface area contributed by atoms with Gasteiger partial charge in [-0.25, -0.2) is 0 Å². The zero-order chi connectivity index (χ0) is 11.6. The van der Waals surface area contributed by atoms with Crippen LogP contribution in [0.1, 0.15) is 37.7 Å². The Morgan fingerprint density at radius 3 is 2.33 bits per heavy atom. The molecule has 0 unspecified atom stereocenters. The fraction of sp³-hybridized carbons (Fsp3) is 0.750. The molecule has 0 aliphatic rings. The number of nitrogens with zero attached hydrogens (tertiary/aromatic N) is 2. The predicted octanol–water partition coefficient (Wildman–Crippen LogP) is 1.79. The third kappa shape index (κ3) is 2.59. The minimum absolute atomic E-state index is 0.139. The summed E-state index contributed by atoms with van der Waals surface area (Å²) in [5.41, 5.74) is 4.05. The number of aromatic nitrogens is 2. The van der Waals surface area contributed by atoms with Gasteiger partial charge in [-0.2, -0.15) is 5.10 Å². The summed E-state index contributed by atoms with van der Waals surface area (Å²) in [6.45, 7) is 9.82. The molecule has 15 heavy (non-hydrogen) atoms. The Morgan fingerprint density at radius 1 is 1.33 bits per heavy atom. The van der Waals surface area contributed by atoms with Crippen molar-refractivity contribution in [2.45, 2.75) is 39.5 Å². The maximum atomic E-state index is 4.62. The van der Waals surface area contributed by atoms with E-state index in [0.717, 1.165) is 13.0 Å². The maximum absolute atomic E-state index is 4.62. The molecule has 0 radical (unpaired) electrons. The molecule has 0 saturated carbocycles. The summed E-state index contributed by atoms with van der Waals surface area (Å²) in [5, 5.41) is 7.80. The van der Waals surface area contributed by atoms with Crippen LogP contribution in [0, 0.1) is 6.92 Å². The SMILES string of the molecule is CNCCc1c(C)c(C(C)(C)C)nn1C. The Bertz CT molecular complexity index is 331. The van der Waals surface area contributed by atoms with E-state index in [1.165, 1.54) is 17.0 Å².